The van der Waals surface area contributed by atoms with Crippen LogP contribution in [0.3, 0.4) is 0 Å². The van der Waals surface area contributed by atoms with Crippen molar-refractivity contribution < 1.29 is 19.8 Å². The van der Waals surface area contributed by atoms with Crippen molar-refractivity contribution >= 4 is 11.9 Å². The first-order valence-electron chi connectivity index (χ1n) is 6.84. The van der Waals surface area contributed by atoms with Gasteiger partial charge in [-0.05, 0) is 11.1 Å². The molecule has 5 heteroatoms. The van der Waals surface area contributed by atoms with Gasteiger partial charge < -0.3 is 15.5 Å². The van der Waals surface area contributed by atoms with E-state index < -0.39 is 11.9 Å². The molecule has 0 spiro atoms. The zero-order chi connectivity index (χ0) is 16.0. The first kappa shape index (κ1) is 15.7. The fraction of sp³-hybridized carbons (Fsp3) is 0.176. The normalized spacial score (nSPS) is 14.9. The summed E-state index contributed by atoms with van der Waals surface area (Å²) in [5.74, 6) is -3.65. The molecule has 0 unspecified atom stereocenters. The van der Waals surface area contributed by atoms with Crippen LogP contribution in [0, 0.1) is 0 Å². The second kappa shape index (κ2) is 6.87. The lowest BCUT2D eigenvalue weighted by Crippen LogP contribution is -2.57. The molecule has 0 aromatic heterocycles. The molecule has 1 aliphatic rings. The monoisotopic (exact) mass is 299 g/mol. The molecule has 22 heavy (non-hydrogen) atoms. The maximum Gasteiger partial charge on any atom is 0.414 e. The van der Waals surface area contributed by atoms with E-state index in [1.807, 2.05) is 0 Å². The summed E-state index contributed by atoms with van der Waals surface area (Å²) in [6.07, 6.45) is 0. The molecule has 0 bridgehead atoms. The van der Waals surface area contributed by atoms with Gasteiger partial charge in [0.25, 0.3) is 0 Å². The number of hydrogen-bond acceptors (Lipinski definition) is 3. The van der Waals surface area contributed by atoms with Crippen molar-refractivity contribution in [2.24, 2.45) is 0 Å². The van der Waals surface area contributed by atoms with Gasteiger partial charge in [0.05, 0.1) is 0 Å². The molecule has 0 aliphatic carbocycles. The van der Waals surface area contributed by atoms with Crippen molar-refractivity contribution in [3.63, 3.8) is 0 Å². The smallest absolute Gasteiger partial charge is 0.414 e. The molecular formula is C17H17NO4. The van der Waals surface area contributed by atoms with Crippen LogP contribution >= 0.6 is 0 Å². The van der Waals surface area contributed by atoms with E-state index >= 15 is 0 Å². The second-order valence-electron chi connectivity index (χ2n) is 5.03. The van der Waals surface area contributed by atoms with Gasteiger partial charge in [-0.15, -0.1) is 0 Å². The zero-order valence-electron chi connectivity index (χ0n) is 11.9. The molecule has 3 rings (SSSR count). The standard InChI is InChI=1S/C15H15N.C2H2O4/c1-3-7-13(8-4-1)15(11-16-12-15)14-9-5-2-6-10-14;3-1(4)2(5)6/h1-10,16H,11-12H2;(H,3,4)(H,5,6). The van der Waals surface area contributed by atoms with Gasteiger partial charge in [-0.2, -0.15) is 0 Å². The molecule has 0 atom stereocenters. The Balaban J connectivity index is 0.000000254. The minimum Gasteiger partial charge on any atom is -0.473 e. The van der Waals surface area contributed by atoms with E-state index in [4.69, 9.17) is 19.8 Å². The fourth-order valence-corrected chi connectivity index (χ4v) is 2.46. The molecule has 114 valence electrons. The number of rotatable bonds is 2. The molecule has 0 amide bonds. The van der Waals surface area contributed by atoms with Gasteiger partial charge >= 0.3 is 11.9 Å². The molecule has 2 aromatic rings. The maximum absolute atomic E-state index is 9.10. The van der Waals surface area contributed by atoms with Gasteiger partial charge in [0.15, 0.2) is 0 Å². The molecule has 3 N–H and O–H groups in total. The van der Waals surface area contributed by atoms with Gasteiger partial charge in [0.1, 0.15) is 0 Å². The van der Waals surface area contributed by atoms with E-state index in [9.17, 15) is 0 Å². The third-order valence-electron chi connectivity index (χ3n) is 3.69. The van der Waals surface area contributed by atoms with Crippen molar-refractivity contribution in [3.8, 4) is 0 Å². The highest BCUT2D eigenvalue weighted by Crippen LogP contribution is 2.35. The molecule has 0 radical (unpaired) electrons. The summed E-state index contributed by atoms with van der Waals surface area (Å²) in [6, 6.07) is 21.6. The Kier molecular flexibility index (Phi) is 4.91. The first-order chi connectivity index (χ1) is 10.6. The molecule has 1 saturated heterocycles. The Labute approximate surface area is 128 Å². The Hall–Kier alpha value is -2.66. The van der Waals surface area contributed by atoms with Gasteiger partial charge in [0, 0.05) is 18.5 Å². The van der Waals surface area contributed by atoms with E-state index in [1.165, 1.54) is 11.1 Å². The second-order valence-corrected chi connectivity index (χ2v) is 5.03. The summed E-state index contributed by atoms with van der Waals surface area (Å²) in [4.78, 5) is 18.2. The lowest BCUT2D eigenvalue weighted by molar-refractivity contribution is -0.159. The fourth-order valence-electron chi connectivity index (χ4n) is 2.46. The molecule has 0 saturated carbocycles. The van der Waals surface area contributed by atoms with E-state index in [-0.39, 0.29) is 5.41 Å². The highest BCUT2D eigenvalue weighted by molar-refractivity contribution is 6.27. The molecule has 1 aliphatic heterocycles. The van der Waals surface area contributed by atoms with Gasteiger partial charge in [-0.1, -0.05) is 60.7 Å². The molecule has 1 heterocycles. The summed E-state index contributed by atoms with van der Waals surface area (Å²) in [5, 5.41) is 18.2. The van der Waals surface area contributed by atoms with Crippen molar-refractivity contribution in [1.82, 2.24) is 5.32 Å². The predicted octanol–water partition coefficient (Wildman–Crippen LogP) is 1.73. The third kappa shape index (κ3) is 3.32. The van der Waals surface area contributed by atoms with E-state index in [2.05, 4.69) is 66.0 Å². The van der Waals surface area contributed by atoms with Crippen LogP contribution in [0.4, 0.5) is 0 Å². The largest absolute Gasteiger partial charge is 0.473 e. The number of benzene rings is 2. The SMILES string of the molecule is O=C(O)C(=O)O.c1ccc(C2(c3ccccc3)CNC2)cc1. The average Bonchev–Trinajstić information content (AvgIpc) is 2.49. The number of nitrogens with one attached hydrogen (secondary N) is 1. The lowest BCUT2D eigenvalue weighted by Gasteiger charge is -2.43. The van der Waals surface area contributed by atoms with E-state index in [1.54, 1.807) is 0 Å². The summed E-state index contributed by atoms with van der Waals surface area (Å²) in [7, 11) is 0. The number of aliphatic carboxylic acids is 2. The van der Waals surface area contributed by atoms with E-state index in [0.717, 1.165) is 13.1 Å². The van der Waals surface area contributed by atoms with Crippen molar-refractivity contribution in [1.29, 1.82) is 0 Å². The predicted molar refractivity (Wildman–Crippen MR) is 81.8 cm³/mol. The summed E-state index contributed by atoms with van der Waals surface area (Å²) < 4.78 is 0. The molecule has 1 fully saturated rings. The first-order valence-corrected chi connectivity index (χ1v) is 6.84. The van der Waals surface area contributed by atoms with Crippen LogP contribution in [0.5, 0.6) is 0 Å². The third-order valence-corrected chi connectivity index (χ3v) is 3.69. The van der Waals surface area contributed by atoms with E-state index in [0.29, 0.717) is 0 Å². The zero-order valence-corrected chi connectivity index (χ0v) is 11.9. The number of carbonyl (C=O) groups is 2. The number of hydrogen-bond donors (Lipinski definition) is 3. The highest BCUT2D eigenvalue weighted by Gasteiger charge is 2.39. The van der Waals surface area contributed by atoms with Gasteiger partial charge in [0.2, 0.25) is 0 Å². The summed E-state index contributed by atoms with van der Waals surface area (Å²) in [6.45, 7) is 2.09. The van der Waals surface area contributed by atoms with Crippen LogP contribution in [0.2, 0.25) is 0 Å². The summed E-state index contributed by atoms with van der Waals surface area (Å²) in [5.41, 5.74) is 3.03. The van der Waals surface area contributed by atoms with Gasteiger partial charge in [-0.25, -0.2) is 9.59 Å². The Bertz CT molecular complexity index is 583. The van der Waals surface area contributed by atoms with Crippen molar-refractivity contribution in [2.75, 3.05) is 13.1 Å². The van der Waals surface area contributed by atoms with Crippen LogP contribution in [-0.2, 0) is 15.0 Å². The Morgan fingerprint density at radius 1 is 0.773 bits per heavy atom. The maximum atomic E-state index is 9.10. The van der Waals surface area contributed by atoms with Crippen LogP contribution in [-0.4, -0.2) is 35.2 Å². The molecular weight excluding hydrogens is 282 g/mol. The number of carboxylic acids is 2. The topological polar surface area (TPSA) is 86.6 Å². The number of carboxylic acid groups (broad SMARTS) is 2. The van der Waals surface area contributed by atoms with Crippen LogP contribution in [0.15, 0.2) is 60.7 Å². The quantitative estimate of drug-likeness (QED) is 0.735. The van der Waals surface area contributed by atoms with Crippen molar-refractivity contribution in [2.45, 2.75) is 5.41 Å². The molecule has 5 nitrogen and oxygen atoms in total. The minimum atomic E-state index is -1.82. The van der Waals surface area contributed by atoms with Gasteiger partial charge in [-0.3, -0.25) is 0 Å². The van der Waals surface area contributed by atoms with Crippen LogP contribution in [0.25, 0.3) is 0 Å². The molecule has 2 aromatic carbocycles. The lowest BCUT2D eigenvalue weighted by atomic mass is 9.70. The average molecular weight is 299 g/mol. The Morgan fingerprint density at radius 3 is 1.36 bits per heavy atom. The Morgan fingerprint density at radius 2 is 1.14 bits per heavy atom. The van der Waals surface area contributed by atoms with Crippen molar-refractivity contribution in [3.05, 3.63) is 71.8 Å². The summed E-state index contributed by atoms with van der Waals surface area (Å²) >= 11 is 0. The van der Waals surface area contributed by atoms with Crippen LogP contribution in [0.1, 0.15) is 11.1 Å². The highest BCUT2D eigenvalue weighted by atomic mass is 16.4. The van der Waals surface area contributed by atoms with Crippen LogP contribution < -0.4 is 5.32 Å². The minimum absolute atomic E-state index is 0.197.